The van der Waals surface area contributed by atoms with E-state index in [9.17, 15) is 4.79 Å². The molecule has 0 radical (unpaired) electrons. The standard InChI is InChI=1S/C27H44O6/c1-5-32-26(28)21-18-24-16-19-25(20-17-24)33-23-15-13-11-9-7-6-8-10-12-14-22-27(29-2,30-3)31-4/h16-21H,5-15,22-23H2,1-4H3. The average molecular weight is 465 g/mol. The molecule has 1 rings (SSSR count). The number of benzene rings is 1. The lowest BCUT2D eigenvalue weighted by Gasteiger charge is -2.28. The molecule has 0 fully saturated rings. The first-order valence-corrected chi connectivity index (χ1v) is 12.3. The van der Waals surface area contributed by atoms with E-state index in [2.05, 4.69) is 0 Å². The van der Waals surface area contributed by atoms with Gasteiger partial charge in [0, 0.05) is 33.8 Å². The number of rotatable bonds is 20. The van der Waals surface area contributed by atoms with Crippen molar-refractivity contribution in [2.45, 2.75) is 83.5 Å². The first-order chi connectivity index (χ1) is 16.1. The molecule has 0 aliphatic carbocycles. The highest BCUT2D eigenvalue weighted by atomic mass is 16.9. The third kappa shape index (κ3) is 13.4. The highest BCUT2D eigenvalue weighted by Crippen LogP contribution is 2.21. The first-order valence-electron chi connectivity index (χ1n) is 12.3. The molecule has 0 aromatic heterocycles. The molecule has 1 aromatic rings. The summed E-state index contributed by atoms with van der Waals surface area (Å²) >= 11 is 0. The van der Waals surface area contributed by atoms with Gasteiger partial charge < -0.3 is 23.7 Å². The van der Waals surface area contributed by atoms with Gasteiger partial charge in [0.25, 0.3) is 5.97 Å². The lowest BCUT2D eigenvalue weighted by Crippen LogP contribution is -2.35. The van der Waals surface area contributed by atoms with Gasteiger partial charge in [-0.05, 0) is 43.5 Å². The van der Waals surface area contributed by atoms with E-state index in [0.29, 0.717) is 6.61 Å². The van der Waals surface area contributed by atoms with E-state index in [1.54, 1.807) is 34.3 Å². The van der Waals surface area contributed by atoms with Crippen LogP contribution in [0.15, 0.2) is 30.3 Å². The highest BCUT2D eigenvalue weighted by molar-refractivity contribution is 5.87. The second kappa shape index (κ2) is 18.5. The van der Waals surface area contributed by atoms with Gasteiger partial charge in [-0.3, -0.25) is 0 Å². The summed E-state index contributed by atoms with van der Waals surface area (Å²) in [6.45, 7) is 2.92. The average Bonchev–Trinajstić information content (AvgIpc) is 2.84. The fourth-order valence-corrected chi connectivity index (χ4v) is 3.63. The number of unbranched alkanes of at least 4 members (excludes halogenated alkanes) is 9. The number of methoxy groups -OCH3 is 3. The summed E-state index contributed by atoms with van der Waals surface area (Å²) in [6.07, 6.45) is 16.1. The lowest BCUT2D eigenvalue weighted by atomic mass is 10.1. The molecule has 0 amide bonds. The maximum Gasteiger partial charge on any atom is 0.330 e. The van der Waals surface area contributed by atoms with Crippen LogP contribution in [0.5, 0.6) is 5.75 Å². The van der Waals surface area contributed by atoms with Crippen LogP contribution < -0.4 is 4.74 Å². The van der Waals surface area contributed by atoms with Gasteiger partial charge in [0.15, 0.2) is 0 Å². The predicted octanol–water partition coefficient (Wildman–Crippen LogP) is 6.53. The van der Waals surface area contributed by atoms with Crippen molar-refractivity contribution in [3.05, 3.63) is 35.9 Å². The van der Waals surface area contributed by atoms with Gasteiger partial charge in [0.05, 0.1) is 13.2 Å². The molecule has 0 spiro atoms. The van der Waals surface area contributed by atoms with Crippen LogP contribution in [0, 0.1) is 0 Å². The summed E-state index contributed by atoms with van der Waals surface area (Å²) in [7, 11) is 4.85. The summed E-state index contributed by atoms with van der Waals surface area (Å²) in [5.74, 6) is -0.338. The Morgan fingerprint density at radius 3 is 1.82 bits per heavy atom. The third-order valence-corrected chi connectivity index (χ3v) is 5.66. The molecule has 0 aliphatic heterocycles. The van der Waals surface area contributed by atoms with Crippen LogP contribution >= 0.6 is 0 Å². The minimum atomic E-state index is -0.879. The Labute approximate surface area is 200 Å². The van der Waals surface area contributed by atoms with Crippen LogP contribution in [0.4, 0.5) is 0 Å². The molecular formula is C27H44O6. The molecular weight excluding hydrogens is 420 g/mol. The second-order valence-electron chi connectivity index (χ2n) is 8.08. The summed E-state index contributed by atoms with van der Waals surface area (Å²) in [6, 6.07) is 7.75. The van der Waals surface area contributed by atoms with E-state index in [1.165, 1.54) is 57.4 Å². The van der Waals surface area contributed by atoms with E-state index >= 15 is 0 Å². The Morgan fingerprint density at radius 2 is 1.30 bits per heavy atom. The summed E-state index contributed by atoms with van der Waals surface area (Å²) in [4.78, 5) is 11.3. The van der Waals surface area contributed by atoms with Crippen LogP contribution in [0.1, 0.15) is 83.1 Å². The van der Waals surface area contributed by atoms with Gasteiger partial charge in [0.2, 0.25) is 0 Å². The fourth-order valence-electron chi connectivity index (χ4n) is 3.63. The molecule has 0 atom stereocenters. The van der Waals surface area contributed by atoms with Crippen LogP contribution in [0.3, 0.4) is 0 Å². The molecule has 0 saturated carbocycles. The zero-order chi connectivity index (χ0) is 24.2. The molecule has 0 bridgehead atoms. The molecule has 0 saturated heterocycles. The van der Waals surface area contributed by atoms with E-state index < -0.39 is 5.97 Å². The minimum Gasteiger partial charge on any atom is -0.494 e. The Balaban J connectivity index is 1.97. The molecule has 1 aromatic carbocycles. The largest absolute Gasteiger partial charge is 0.494 e. The summed E-state index contributed by atoms with van der Waals surface area (Å²) < 4.78 is 26.6. The summed E-state index contributed by atoms with van der Waals surface area (Å²) in [5, 5.41) is 0. The molecule has 0 heterocycles. The first kappa shape index (κ1) is 29.1. The smallest absolute Gasteiger partial charge is 0.330 e. The van der Waals surface area contributed by atoms with Gasteiger partial charge in [-0.25, -0.2) is 4.79 Å². The van der Waals surface area contributed by atoms with Crippen molar-refractivity contribution in [3.63, 3.8) is 0 Å². The van der Waals surface area contributed by atoms with E-state index in [1.807, 2.05) is 24.3 Å². The molecule has 33 heavy (non-hydrogen) atoms. The van der Waals surface area contributed by atoms with Crippen molar-refractivity contribution in [2.75, 3.05) is 34.5 Å². The van der Waals surface area contributed by atoms with Crippen molar-refractivity contribution >= 4 is 12.0 Å². The zero-order valence-corrected chi connectivity index (χ0v) is 21.1. The van der Waals surface area contributed by atoms with E-state index in [-0.39, 0.29) is 5.97 Å². The van der Waals surface area contributed by atoms with Crippen LogP contribution in [-0.2, 0) is 23.7 Å². The fraction of sp³-hybridized carbons (Fsp3) is 0.667. The topological polar surface area (TPSA) is 63.2 Å². The number of esters is 1. The SMILES string of the molecule is CCOC(=O)C=Cc1ccc(OCCCCCCCCCCCCC(OC)(OC)OC)cc1. The predicted molar refractivity (Wildman–Crippen MR) is 132 cm³/mol. The molecule has 6 heteroatoms. The maximum atomic E-state index is 11.3. The quantitative estimate of drug-likeness (QED) is 0.0946. The lowest BCUT2D eigenvalue weighted by molar-refractivity contribution is -0.355. The van der Waals surface area contributed by atoms with E-state index in [0.717, 1.165) is 37.2 Å². The molecule has 0 aliphatic rings. The number of hydrogen-bond acceptors (Lipinski definition) is 6. The minimum absolute atomic E-state index is 0.322. The summed E-state index contributed by atoms with van der Waals surface area (Å²) in [5.41, 5.74) is 0.948. The van der Waals surface area contributed by atoms with Crippen molar-refractivity contribution in [2.24, 2.45) is 0 Å². The maximum absolute atomic E-state index is 11.3. The van der Waals surface area contributed by atoms with Crippen molar-refractivity contribution in [3.8, 4) is 5.75 Å². The highest BCUT2D eigenvalue weighted by Gasteiger charge is 2.28. The molecule has 0 unspecified atom stereocenters. The van der Waals surface area contributed by atoms with Crippen LogP contribution in [0.25, 0.3) is 6.08 Å². The van der Waals surface area contributed by atoms with Gasteiger partial charge in [-0.2, -0.15) is 0 Å². The van der Waals surface area contributed by atoms with Crippen molar-refractivity contribution < 1.29 is 28.5 Å². The second-order valence-corrected chi connectivity index (χ2v) is 8.08. The van der Waals surface area contributed by atoms with Gasteiger partial charge in [-0.15, -0.1) is 0 Å². The monoisotopic (exact) mass is 464 g/mol. The number of ether oxygens (including phenoxy) is 5. The zero-order valence-electron chi connectivity index (χ0n) is 21.1. The normalized spacial score (nSPS) is 11.8. The van der Waals surface area contributed by atoms with Crippen molar-refractivity contribution in [1.29, 1.82) is 0 Å². The van der Waals surface area contributed by atoms with Crippen LogP contribution in [-0.4, -0.2) is 46.5 Å². The third-order valence-electron chi connectivity index (χ3n) is 5.66. The van der Waals surface area contributed by atoms with Gasteiger partial charge in [0.1, 0.15) is 5.75 Å². The number of carbonyl (C=O) groups is 1. The molecule has 0 N–H and O–H groups in total. The molecule has 6 nitrogen and oxygen atoms in total. The van der Waals surface area contributed by atoms with Gasteiger partial charge >= 0.3 is 5.97 Å². The number of carbonyl (C=O) groups excluding carboxylic acids is 1. The van der Waals surface area contributed by atoms with Crippen molar-refractivity contribution in [1.82, 2.24) is 0 Å². The number of hydrogen-bond donors (Lipinski definition) is 0. The van der Waals surface area contributed by atoms with Gasteiger partial charge in [-0.1, -0.05) is 63.5 Å². The van der Waals surface area contributed by atoms with E-state index in [4.69, 9.17) is 23.7 Å². The molecule has 188 valence electrons. The van der Waals surface area contributed by atoms with Crippen LogP contribution in [0.2, 0.25) is 0 Å². The Hall–Kier alpha value is -1.89. The Morgan fingerprint density at radius 1 is 0.788 bits per heavy atom. The Bertz CT molecular complexity index is 628. The Kier molecular flexibility index (Phi) is 16.4.